The van der Waals surface area contributed by atoms with Gasteiger partial charge in [0.2, 0.25) is 5.91 Å². The molecule has 0 saturated carbocycles. The van der Waals surface area contributed by atoms with Crippen LogP contribution in [-0.2, 0) is 9.59 Å². The summed E-state index contributed by atoms with van der Waals surface area (Å²) in [6.07, 6.45) is 0.743. The molecule has 6 heteroatoms. The van der Waals surface area contributed by atoms with E-state index in [9.17, 15) is 9.59 Å². The Balaban J connectivity index is 1.76. The highest BCUT2D eigenvalue weighted by Gasteiger charge is 2.40. The van der Waals surface area contributed by atoms with E-state index in [0.29, 0.717) is 32.5 Å². The maximum atomic E-state index is 11.8. The maximum absolute atomic E-state index is 11.8. The number of hydrogen-bond acceptors (Lipinski definition) is 4. The third kappa shape index (κ3) is 3.55. The topological polar surface area (TPSA) is 95.7 Å². The molecule has 1 heterocycles. The minimum absolute atomic E-state index is 0.0824. The Labute approximate surface area is 117 Å². The van der Waals surface area contributed by atoms with Crippen molar-refractivity contribution >= 4 is 17.6 Å². The van der Waals surface area contributed by atoms with Gasteiger partial charge in [-0.1, -0.05) is 18.2 Å². The molecule has 1 aliphatic rings. The van der Waals surface area contributed by atoms with Gasteiger partial charge in [-0.05, 0) is 18.6 Å². The van der Waals surface area contributed by atoms with Gasteiger partial charge in [-0.3, -0.25) is 9.59 Å². The third-order valence-electron chi connectivity index (χ3n) is 3.52. The molecule has 1 aromatic rings. The number of likely N-dealkylation sites (tertiary alicyclic amines) is 1. The smallest absolute Gasteiger partial charge is 0.325 e. The molecule has 2 rings (SSSR count). The Morgan fingerprint density at radius 2 is 2.05 bits per heavy atom. The van der Waals surface area contributed by atoms with Crippen molar-refractivity contribution in [2.24, 2.45) is 5.73 Å². The molecule has 0 bridgehead atoms. The number of carbonyl (C=O) groups is 2. The van der Waals surface area contributed by atoms with Gasteiger partial charge >= 0.3 is 5.97 Å². The van der Waals surface area contributed by atoms with Crippen LogP contribution < -0.4 is 11.1 Å². The predicted octanol–water partition coefficient (Wildman–Crippen LogP) is 0.503. The number of nitrogens with two attached hydrogens (primary N) is 1. The van der Waals surface area contributed by atoms with Gasteiger partial charge in [0.25, 0.3) is 0 Å². The zero-order valence-electron chi connectivity index (χ0n) is 11.2. The summed E-state index contributed by atoms with van der Waals surface area (Å²) in [5.41, 5.74) is 5.37. The Morgan fingerprint density at radius 1 is 1.35 bits per heavy atom. The number of carbonyl (C=O) groups excluding carboxylic acids is 1. The molecule has 1 atom stereocenters. The quantitative estimate of drug-likeness (QED) is 0.728. The lowest BCUT2D eigenvalue weighted by molar-refractivity contribution is -0.142. The molecule has 0 spiro atoms. The van der Waals surface area contributed by atoms with Crippen molar-refractivity contribution in [3.8, 4) is 0 Å². The van der Waals surface area contributed by atoms with Crippen LogP contribution in [-0.4, -0.2) is 47.1 Å². The van der Waals surface area contributed by atoms with E-state index in [2.05, 4.69) is 5.32 Å². The highest BCUT2D eigenvalue weighted by molar-refractivity contribution is 5.90. The molecule has 0 aromatic heterocycles. The molecule has 1 saturated heterocycles. The summed E-state index contributed by atoms with van der Waals surface area (Å²) in [4.78, 5) is 24.7. The fourth-order valence-electron chi connectivity index (χ4n) is 2.28. The first-order chi connectivity index (χ1) is 9.49. The van der Waals surface area contributed by atoms with Gasteiger partial charge in [-0.2, -0.15) is 0 Å². The number of carboxylic acids is 1. The van der Waals surface area contributed by atoms with Crippen LogP contribution in [0.4, 0.5) is 5.69 Å². The number of amides is 1. The summed E-state index contributed by atoms with van der Waals surface area (Å²) >= 11 is 0. The molecule has 0 radical (unpaired) electrons. The van der Waals surface area contributed by atoms with Gasteiger partial charge in [0.15, 0.2) is 0 Å². The SMILES string of the molecule is NC1(C(=O)O)CCN(CCC(=O)Nc2ccccc2)C1. The molecule has 1 unspecified atom stereocenters. The Kier molecular flexibility index (Phi) is 4.36. The number of para-hydroxylation sites is 1. The third-order valence-corrected chi connectivity index (χ3v) is 3.52. The lowest BCUT2D eigenvalue weighted by atomic mass is 10.0. The van der Waals surface area contributed by atoms with Crippen LogP contribution in [0.1, 0.15) is 12.8 Å². The Bertz CT molecular complexity index is 492. The van der Waals surface area contributed by atoms with Crippen molar-refractivity contribution in [2.45, 2.75) is 18.4 Å². The highest BCUT2D eigenvalue weighted by Crippen LogP contribution is 2.19. The Morgan fingerprint density at radius 3 is 2.65 bits per heavy atom. The fourth-order valence-corrected chi connectivity index (χ4v) is 2.28. The molecular weight excluding hydrogens is 258 g/mol. The van der Waals surface area contributed by atoms with Crippen LogP contribution in [0, 0.1) is 0 Å². The fraction of sp³-hybridized carbons (Fsp3) is 0.429. The molecule has 1 amide bonds. The lowest BCUT2D eigenvalue weighted by Crippen LogP contribution is -2.50. The second-order valence-electron chi connectivity index (χ2n) is 5.15. The number of aliphatic carboxylic acids is 1. The van der Waals surface area contributed by atoms with E-state index in [-0.39, 0.29) is 5.91 Å². The average molecular weight is 277 g/mol. The first kappa shape index (κ1) is 14.5. The first-order valence-electron chi connectivity index (χ1n) is 6.59. The van der Waals surface area contributed by atoms with Crippen LogP contribution in [0.2, 0.25) is 0 Å². The van der Waals surface area contributed by atoms with Crippen LogP contribution in [0.3, 0.4) is 0 Å². The zero-order valence-corrected chi connectivity index (χ0v) is 11.2. The van der Waals surface area contributed by atoms with Gasteiger partial charge in [0.1, 0.15) is 5.54 Å². The van der Waals surface area contributed by atoms with Crippen molar-refractivity contribution in [1.82, 2.24) is 4.90 Å². The van der Waals surface area contributed by atoms with E-state index < -0.39 is 11.5 Å². The molecule has 1 fully saturated rings. The number of carboxylic acid groups (broad SMARTS) is 1. The molecule has 108 valence electrons. The molecule has 20 heavy (non-hydrogen) atoms. The second-order valence-corrected chi connectivity index (χ2v) is 5.15. The van der Waals surface area contributed by atoms with Gasteiger partial charge in [-0.15, -0.1) is 0 Å². The maximum Gasteiger partial charge on any atom is 0.325 e. The van der Waals surface area contributed by atoms with E-state index >= 15 is 0 Å². The molecule has 4 N–H and O–H groups in total. The number of benzene rings is 1. The Hall–Kier alpha value is -1.92. The van der Waals surface area contributed by atoms with Crippen molar-refractivity contribution < 1.29 is 14.7 Å². The lowest BCUT2D eigenvalue weighted by Gasteiger charge is -2.19. The zero-order chi connectivity index (χ0) is 14.6. The first-order valence-corrected chi connectivity index (χ1v) is 6.59. The van der Waals surface area contributed by atoms with Crippen LogP contribution in [0.15, 0.2) is 30.3 Å². The van der Waals surface area contributed by atoms with Crippen LogP contribution in [0.25, 0.3) is 0 Å². The normalized spacial score (nSPS) is 22.6. The number of rotatable bonds is 5. The highest BCUT2D eigenvalue weighted by atomic mass is 16.4. The van der Waals surface area contributed by atoms with E-state index in [1.807, 2.05) is 35.2 Å². The molecule has 1 aromatic carbocycles. The number of hydrogen-bond donors (Lipinski definition) is 3. The second kappa shape index (κ2) is 6.02. The van der Waals surface area contributed by atoms with Gasteiger partial charge in [0.05, 0.1) is 0 Å². The van der Waals surface area contributed by atoms with Crippen molar-refractivity contribution in [2.75, 3.05) is 25.0 Å². The largest absolute Gasteiger partial charge is 0.480 e. The van der Waals surface area contributed by atoms with Gasteiger partial charge in [0, 0.05) is 31.7 Å². The summed E-state index contributed by atoms with van der Waals surface area (Å²) in [5.74, 6) is -1.06. The van der Waals surface area contributed by atoms with Crippen LogP contribution >= 0.6 is 0 Å². The van der Waals surface area contributed by atoms with E-state index in [1.165, 1.54) is 0 Å². The van der Waals surface area contributed by atoms with E-state index in [1.54, 1.807) is 0 Å². The monoisotopic (exact) mass is 277 g/mol. The molecular formula is C14H19N3O3. The van der Waals surface area contributed by atoms with Crippen molar-refractivity contribution in [3.05, 3.63) is 30.3 Å². The number of nitrogens with zero attached hydrogens (tertiary/aromatic N) is 1. The minimum atomic E-state index is -1.17. The van der Waals surface area contributed by atoms with E-state index in [0.717, 1.165) is 5.69 Å². The van der Waals surface area contributed by atoms with Gasteiger partial charge < -0.3 is 21.1 Å². The van der Waals surface area contributed by atoms with Crippen molar-refractivity contribution in [3.63, 3.8) is 0 Å². The van der Waals surface area contributed by atoms with E-state index in [4.69, 9.17) is 10.8 Å². The molecule has 6 nitrogen and oxygen atoms in total. The number of anilines is 1. The summed E-state index contributed by atoms with van der Waals surface area (Å²) in [7, 11) is 0. The summed E-state index contributed by atoms with van der Waals surface area (Å²) in [5, 5.41) is 11.8. The summed E-state index contributed by atoms with van der Waals surface area (Å²) < 4.78 is 0. The predicted molar refractivity (Wildman–Crippen MR) is 75.3 cm³/mol. The molecule has 1 aliphatic heterocycles. The minimum Gasteiger partial charge on any atom is -0.480 e. The standard InChI is InChI=1S/C14H19N3O3/c15-14(13(19)20)7-9-17(10-14)8-6-12(18)16-11-4-2-1-3-5-11/h1-5H,6-10,15H2,(H,16,18)(H,19,20). The van der Waals surface area contributed by atoms with Gasteiger partial charge in [-0.25, -0.2) is 0 Å². The average Bonchev–Trinajstić information content (AvgIpc) is 2.81. The van der Waals surface area contributed by atoms with Crippen molar-refractivity contribution in [1.29, 1.82) is 0 Å². The number of nitrogens with one attached hydrogen (secondary N) is 1. The summed E-state index contributed by atoms with van der Waals surface area (Å²) in [6.45, 7) is 1.42. The van der Waals surface area contributed by atoms with Crippen LogP contribution in [0.5, 0.6) is 0 Å². The molecule has 0 aliphatic carbocycles. The summed E-state index contributed by atoms with van der Waals surface area (Å²) in [6, 6.07) is 9.23.